The van der Waals surface area contributed by atoms with Crippen LogP contribution < -0.4 is 0 Å². The first-order valence-corrected chi connectivity index (χ1v) is 5.21. The van der Waals surface area contributed by atoms with Gasteiger partial charge >= 0.3 is 6.18 Å². The van der Waals surface area contributed by atoms with Crippen molar-refractivity contribution in [3.8, 4) is 11.1 Å². The minimum Gasteiger partial charge on any atom is -0.379 e. The molecule has 0 spiro atoms. The van der Waals surface area contributed by atoms with Crippen molar-refractivity contribution in [3.05, 3.63) is 47.0 Å². The zero-order valence-electron chi connectivity index (χ0n) is 8.50. The molecule has 2 rings (SSSR count). The average Bonchev–Trinajstić information content (AvgIpc) is 2.45. The molecule has 17 heavy (non-hydrogen) atoms. The second-order valence-corrected chi connectivity index (χ2v) is 4.04. The van der Waals surface area contributed by atoms with Crippen molar-refractivity contribution in [2.45, 2.75) is 12.3 Å². The van der Waals surface area contributed by atoms with Crippen LogP contribution in [-0.2, 0) is 0 Å². The smallest absolute Gasteiger partial charge is 0.379 e. The second kappa shape index (κ2) is 4.20. The van der Waals surface area contributed by atoms with Gasteiger partial charge in [-0.25, -0.2) is 0 Å². The number of rotatable bonds is 1. The maximum Gasteiger partial charge on any atom is 0.418 e. The minimum absolute atomic E-state index is 0.203. The molecule has 0 saturated heterocycles. The van der Waals surface area contributed by atoms with Crippen LogP contribution in [0.1, 0.15) is 11.7 Å². The maximum absolute atomic E-state index is 12.5. The summed E-state index contributed by atoms with van der Waals surface area (Å²) in [5.74, 6) is 0. The van der Waals surface area contributed by atoms with Crippen LogP contribution in [0.15, 0.2) is 36.4 Å². The van der Waals surface area contributed by atoms with E-state index >= 15 is 0 Å². The molecule has 0 bridgehead atoms. The Hall–Kier alpha value is -1.26. The molecule has 0 heterocycles. The Balaban J connectivity index is 2.59. The van der Waals surface area contributed by atoms with E-state index < -0.39 is 12.3 Å². The van der Waals surface area contributed by atoms with Gasteiger partial charge in [0.2, 0.25) is 0 Å². The summed E-state index contributed by atoms with van der Waals surface area (Å²) in [6.07, 6.45) is -7.21. The summed E-state index contributed by atoms with van der Waals surface area (Å²) >= 11 is 5.85. The van der Waals surface area contributed by atoms with Gasteiger partial charge in [-0.15, -0.1) is 0 Å². The third-order valence-electron chi connectivity index (χ3n) is 2.49. The van der Waals surface area contributed by atoms with Crippen molar-refractivity contribution in [2.24, 2.45) is 0 Å². The molecule has 0 aliphatic heterocycles. The Labute approximate surface area is 101 Å². The number of hydrogen-bond acceptors (Lipinski definition) is 1. The lowest BCUT2D eigenvalue weighted by atomic mass is 10.1. The average molecular weight is 261 g/mol. The SMILES string of the molecule is OC(c1cc(Cl)c2cccccc1-2)C(F)(F)F. The molecule has 0 saturated carbocycles. The van der Waals surface area contributed by atoms with E-state index in [-0.39, 0.29) is 10.6 Å². The third kappa shape index (κ3) is 2.23. The first-order valence-electron chi connectivity index (χ1n) is 4.83. The van der Waals surface area contributed by atoms with E-state index in [0.29, 0.717) is 11.1 Å². The van der Waals surface area contributed by atoms with Gasteiger partial charge in [0.25, 0.3) is 0 Å². The second-order valence-electron chi connectivity index (χ2n) is 3.63. The number of halogens is 4. The van der Waals surface area contributed by atoms with Gasteiger partial charge in [0.1, 0.15) is 0 Å². The molecule has 0 aromatic heterocycles. The van der Waals surface area contributed by atoms with Crippen molar-refractivity contribution >= 4 is 11.6 Å². The normalized spacial score (nSPS) is 13.9. The topological polar surface area (TPSA) is 20.2 Å². The minimum atomic E-state index is -4.70. The number of hydrogen-bond donors (Lipinski definition) is 1. The Bertz CT molecular complexity index is 510. The van der Waals surface area contributed by atoms with E-state index in [0.717, 1.165) is 6.07 Å². The monoisotopic (exact) mass is 260 g/mol. The highest BCUT2D eigenvalue weighted by atomic mass is 35.5. The van der Waals surface area contributed by atoms with Crippen molar-refractivity contribution in [1.82, 2.24) is 0 Å². The molecule has 2 aliphatic rings. The number of aliphatic hydroxyl groups excluding tert-OH is 1. The van der Waals surface area contributed by atoms with Crippen LogP contribution in [0.3, 0.4) is 0 Å². The van der Waals surface area contributed by atoms with Gasteiger partial charge in [-0.2, -0.15) is 13.2 Å². The Morgan fingerprint density at radius 3 is 2.24 bits per heavy atom. The van der Waals surface area contributed by atoms with Crippen LogP contribution in [0.4, 0.5) is 13.2 Å². The van der Waals surface area contributed by atoms with Crippen molar-refractivity contribution in [2.75, 3.05) is 0 Å². The predicted octanol–water partition coefficient (Wildman–Crippen LogP) is 4.04. The third-order valence-corrected chi connectivity index (χ3v) is 2.81. The fourth-order valence-corrected chi connectivity index (χ4v) is 1.98. The van der Waals surface area contributed by atoms with E-state index in [2.05, 4.69) is 0 Å². The highest BCUT2D eigenvalue weighted by Gasteiger charge is 2.41. The highest BCUT2D eigenvalue weighted by molar-refractivity contribution is 6.34. The summed E-state index contributed by atoms with van der Waals surface area (Å²) in [6.45, 7) is 0. The zero-order chi connectivity index (χ0) is 12.6. The van der Waals surface area contributed by atoms with Crippen LogP contribution in [0, 0.1) is 0 Å². The van der Waals surface area contributed by atoms with Gasteiger partial charge in [-0.3, -0.25) is 0 Å². The lowest BCUT2D eigenvalue weighted by Gasteiger charge is -2.14. The summed E-state index contributed by atoms with van der Waals surface area (Å²) in [5.41, 5.74) is 0.591. The van der Waals surface area contributed by atoms with Crippen molar-refractivity contribution < 1.29 is 18.3 Å². The maximum atomic E-state index is 12.5. The van der Waals surface area contributed by atoms with E-state index in [1.807, 2.05) is 0 Å². The van der Waals surface area contributed by atoms with E-state index in [9.17, 15) is 18.3 Å². The summed E-state index contributed by atoms with van der Waals surface area (Å²) in [6, 6.07) is 9.24. The fourth-order valence-electron chi connectivity index (χ4n) is 1.70. The summed E-state index contributed by atoms with van der Waals surface area (Å²) in [4.78, 5) is 0. The molecular formula is C12H8ClF3O. The first kappa shape index (κ1) is 12.2. The Kier molecular flexibility index (Phi) is 3.02. The largest absolute Gasteiger partial charge is 0.418 e. The molecule has 5 heteroatoms. The summed E-state index contributed by atoms with van der Waals surface area (Å²) in [5, 5.41) is 9.47. The lowest BCUT2D eigenvalue weighted by Crippen LogP contribution is -2.20. The molecule has 1 unspecified atom stereocenters. The molecule has 2 aliphatic carbocycles. The van der Waals surface area contributed by atoms with Gasteiger partial charge < -0.3 is 5.11 Å². The van der Waals surface area contributed by atoms with Gasteiger partial charge in [0.15, 0.2) is 6.10 Å². The van der Waals surface area contributed by atoms with E-state index in [1.54, 1.807) is 24.3 Å². The Morgan fingerprint density at radius 2 is 1.65 bits per heavy atom. The molecule has 1 atom stereocenters. The molecule has 0 aromatic rings. The number of aliphatic hydroxyl groups is 1. The summed E-state index contributed by atoms with van der Waals surface area (Å²) in [7, 11) is 0. The number of alkyl halides is 3. The van der Waals surface area contributed by atoms with Crippen LogP contribution in [0.2, 0.25) is 5.02 Å². The number of fused-ring (bicyclic) bond motifs is 1. The van der Waals surface area contributed by atoms with Crippen LogP contribution in [0.5, 0.6) is 0 Å². The lowest BCUT2D eigenvalue weighted by molar-refractivity contribution is -0.206. The molecule has 0 aromatic carbocycles. The first-order chi connectivity index (χ1) is 7.91. The molecule has 0 fully saturated rings. The summed E-state index contributed by atoms with van der Waals surface area (Å²) < 4.78 is 37.4. The highest BCUT2D eigenvalue weighted by Crippen LogP contribution is 2.43. The quantitative estimate of drug-likeness (QED) is 0.820. The van der Waals surface area contributed by atoms with Crippen LogP contribution in [-0.4, -0.2) is 11.3 Å². The van der Waals surface area contributed by atoms with Gasteiger partial charge in [-0.1, -0.05) is 41.9 Å². The predicted molar refractivity (Wildman–Crippen MR) is 59.1 cm³/mol. The van der Waals surface area contributed by atoms with Crippen LogP contribution >= 0.6 is 11.6 Å². The Morgan fingerprint density at radius 1 is 1.06 bits per heavy atom. The molecule has 1 N–H and O–H groups in total. The molecular weight excluding hydrogens is 253 g/mol. The van der Waals surface area contributed by atoms with Crippen molar-refractivity contribution in [3.63, 3.8) is 0 Å². The fraction of sp³-hybridized carbons (Fsp3) is 0.167. The standard InChI is InChI=1S/C12H8ClF3O/c13-10-6-9(11(17)12(14,15)16)7-4-2-1-3-5-8(7)10/h1-6,11,17H. The van der Waals surface area contributed by atoms with Gasteiger partial charge in [0.05, 0.1) is 0 Å². The van der Waals surface area contributed by atoms with E-state index in [4.69, 9.17) is 11.6 Å². The van der Waals surface area contributed by atoms with E-state index in [1.165, 1.54) is 6.07 Å². The van der Waals surface area contributed by atoms with Gasteiger partial charge in [-0.05, 0) is 17.2 Å². The van der Waals surface area contributed by atoms with Crippen molar-refractivity contribution in [1.29, 1.82) is 0 Å². The molecule has 90 valence electrons. The molecule has 0 radical (unpaired) electrons. The van der Waals surface area contributed by atoms with Crippen LogP contribution in [0.25, 0.3) is 11.1 Å². The zero-order valence-corrected chi connectivity index (χ0v) is 9.26. The molecule has 1 nitrogen and oxygen atoms in total. The van der Waals surface area contributed by atoms with Gasteiger partial charge in [0, 0.05) is 10.6 Å². The molecule has 0 amide bonds.